The van der Waals surface area contributed by atoms with E-state index in [9.17, 15) is 110 Å². The van der Waals surface area contributed by atoms with Crippen LogP contribution in [0.5, 0.6) is 5.75 Å². The quantitative estimate of drug-likeness (QED) is 0.0501. The molecular formula is C52H31BF24N2O2. The van der Waals surface area contributed by atoms with Gasteiger partial charge in [0.15, 0.2) is 12.7 Å². The van der Waals surface area contributed by atoms with Crippen molar-refractivity contribution in [2.75, 3.05) is 0 Å². The highest BCUT2D eigenvalue weighted by molar-refractivity contribution is 7.20. The molecule has 0 saturated carbocycles. The second-order valence-electron chi connectivity index (χ2n) is 18.0. The van der Waals surface area contributed by atoms with Gasteiger partial charge in [-0.1, -0.05) is 91.0 Å². The number of alkyl halides is 24. The molecule has 29 heteroatoms. The molecule has 0 atom stereocenters. The van der Waals surface area contributed by atoms with Gasteiger partial charge in [0.1, 0.15) is 11.9 Å². The normalized spacial score (nSPS) is 13.2. The summed E-state index contributed by atoms with van der Waals surface area (Å²) in [5, 5.41) is 0. The molecule has 0 fully saturated rings. The topological polar surface area (TPSA) is 43.1 Å². The highest BCUT2D eigenvalue weighted by Crippen LogP contribution is 2.41. The molecule has 0 unspecified atom stereocenters. The van der Waals surface area contributed by atoms with Gasteiger partial charge in [-0.3, -0.25) is 0 Å². The van der Waals surface area contributed by atoms with Gasteiger partial charge < -0.3 is 4.74 Å². The van der Waals surface area contributed by atoms with Crippen molar-refractivity contribution in [2.45, 2.75) is 69.8 Å². The third-order valence-electron chi connectivity index (χ3n) is 12.2. The van der Waals surface area contributed by atoms with Crippen molar-refractivity contribution in [3.63, 3.8) is 0 Å². The lowest BCUT2D eigenvalue weighted by Crippen LogP contribution is -2.75. The standard InChI is InChI=1S/C32H12BF24.C20H19N2O2/c34-25(35,36)13-1-14(26(37,38)39)6-21(5-13)33(22-7-15(27(40,41)42)2-16(8-22)28(43,44)45,23-9-17(29(46,47)48)3-18(10-23)30(49,50)51)24-11-19(31(52,53)54)4-20(12-24)32(55,56)57;1-15-8-9-16(2)19(12-15)24-20(23)18-14-22(11-10-21-18)13-17-6-4-3-5-7-17/h1-12H;3-12,14H,13H2,1-2H3/q-1;+1. The molecule has 0 bridgehead atoms. The number of aryl methyl sites for hydroxylation is 2. The average molecular weight is 1180 g/mol. The Morgan fingerprint density at radius 2 is 0.741 bits per heavy atom. The lowest BCUT2D eigenvalue weighted by atomic mass is 9.12. The molecule has 0 aliphatic carbocycles. The van der Waals surface area contributed by atoms with Gasteiger partial charge in [0.05, 0.1) is 50.7 Å². The molecule has 0 N–H and O–H groups in total. The van der Waals surface area contributed by atoms with E-state index < -0.39 is 201 Å². The third-order valence-corrected chi connectivity index (χ3v) is 12.2. The highest BCUT2D eigenvalue weighted by atomic mass is 19.4. The molecule has 1 aromatic heterocycles. The Labute approximate surface area is 440 Å². The van der Waals surface area contributed by atoms with E-state index in [4.69, 9.17) is 4.74 Å². The van der Waals surface area contributed by atoms with E-state index in [-0.39, 0.29) is 5.69 Å². The fourth-order valence-electron chi connectivity index (χ4n) is 8.47. The minimum atomic E-state index is -6.13. The fraction of sp³-hybridized carbons (Fsp3) is 0.212. The van der Waals surface area contributed by atoms with E-state index in [0.717, 1.165) is 16.7 Å². The maximum absolute atomic E-state index is 14.2. The first kappa shape index (κ1) is 62.5. The number of carbonyl (C=O) groups excluding carboxylic acids is 1. The van der Waals surface area contributed by atoms with Crippen LogP contribution in [-0.4, -0.2) is 17.1 Å². The molecule has 81 heavy (non-hydrogen) atoms. The number of esters is 1. The van der Waals surface area contributed by atoms with Gasteiger partial charge in [-0.25, -0.2) is 9.78 Å². The molecule has 0 amide bonds. The SMILES string of the molecule is Cc1ccc(C)c(OC(=O)c2c[n+](Cc3ccccc3)ccn2)c1.FC(F)(F)c1cc([B-](c2cc(C(F)(F)F)cc(C(F)(F)F)c2)(c2cc(C(F)(F)F)cc(C(F)(F)F)c2)c2cc(C(F)(F)F)cc(C(F)(F)F)c2)cc(C(F)(F)F)c1. The summed E-state index contributed by atoms with van der Waals surface area (Å²) in [6.45, 7) is 4.55. The van der Waals surface area contributed by atoms with Crippen molar-refractivity contribution < 1.29 is 119 Å². The van der Waals surface area contributed by atoms with Gasteiger partial charge in [0.2, 0.25) is 11.9 Å². The Kier molecular flexibility index (Phi) is 16.9. The molecule has 1 heterocycles. The van der Waals surface area contributed by atoms with Crippen LogP contribution in [0.4, 0.5) is 105 Å². The van der Waals surface area contributed by atoms with Crippen molar-refractivity contribution in [3.8, 4) is 5.75 Å². The number of aromatic nitrogens is 2. The van der Waals surface area contributed by atoms with Crippen LogP contribution in [0.2, 0.25) is 0 Å². The number of hydrogen-bond acceptors (Lipinski definition) is 3. The molecule has 7 rings (SSSR count). The number of halogens is 24. The van der Waals surface area contributed by atoms with Gasteiger partial charge in [0.25, 0.3) is 0 Å². The number of rotatable bonds is 8. The summed E-state index contributed by atoms with van der Waals surface area (Å²) in [6.07, 6.45) is -49.6. The maximum atomic E-state index is 14.2. The Bertz CT molecular complexity index is 2990. The zero-order chi connectivity index (χ0) is 60.9. The minimum absolute atomic E-state index is 0.286. The first-order valence-corrected chi connectivity index (χ1v) is 22.4. The predicted molar refractivity (Wildman–Crippen MR) is 241 cm³/mol. The molecule has 0 aliphatic rings. The van der Waals surface area contributed by atoms with Crippen LogP contribution in [-0.2, 0) is 56.0 Å². The van der Waals surface area contributed by atoms with E-state index in [1.165, 1.54) is 0 Å². The van der Waals surface area contributed by atoms with Crippen LogP contribution in [0.15, 0.2) is 140 Å². The average Bonchev–Trinajstić information content (AvgIpc) is 2.93. The zero-order valence-corrected chi connectivity index (χ0v) is 40.3. The van der Waals surface area contributed by atoms with E-state index in [2.05, 4.69) is 4.98 Å². The van der Waals surface area contributed by atoms with Gasteiger partial charge in [0, 0.05) is 5.56 Å². The molecule has 0 spiro atoms. The van der Waals surface area contributed by atoms with Gasteiger partial charge in [-0.15, -0.1) is 0 Å². The van der Waals surface area contributed by atoms with Crippen LogP contribution in [0.3, 0.4) is 0 Å². The third kappa shape index (κ3) is 14.8. The van der Waals surface area contributed by atoms with Crippen molar-refractivity contribution in [1.29, 1.82) is 0 Å². The molecule has 0 radical (unpaired) electrons. The Hall–Kier alpha value is -7.75. The number of ether oxygens (including phenoxy) is 1. The Morgan fingerprint density at radius 1 is 0.432 bits per heavy atom. The summed E-state index contributed by atoms with van der Waals surface area (Å²) in [6, 6.07) is 7.02. The van der Waals surface area contributed by atoms with Crippen molar-refractivity contribution in [1.82, 2.24) is 4.98 Å². The Balaban J connectivity index is 0.000000363. The van der Waals surface area contributed by atoms with Gasteiger partial charge >= 0.3 is 55.4 Å². The lowest BCUT2D eigenvalue weighted by molar-refractivity contribution is -0.689. The number of nitrogens with zero attached hydrogens (tertiary/aromatic N) is 2. The second-order valence-corrected chi connectivity index (χ2v) is 18.0. The van der Waals surface area contributed by atoms with Crippen molar-refractivity contribution >= 4 is 34.0 Å². The van der Waals surface area contributed by atoms with Crippen LogP contribution in [0, 0.1) is 13.8 Å². The summed E-state index contributed by atoms with van der Waals surface area (Å²) in [7, 11) is 0. The number of carbonyl (C=O) groups is 1. The summed E-state index contributed by atoms with van der Waals surface area (Å²) < 4.78 is 348. The zero-order valence-electron chi connectivity index (χ0n) is 40.3. The van der Waals surface area contributed by atoms with Crippen LogP contribution < -0.4 is 31.2 Å². The molecule has 6 aromatic carbocycles. The second kappa shape index (κ2) is 22.0. The molecule has 432 valence electrons. The molecule has 4 nitrogen and oxygen atoms in total. The first-order valence-electron chi connectivity index (χ1n) is 22.4. The minimum Gasteiger partial charge on any atom is -0.421 e. The molecule has 0 saturated heterocycles. The molecular weight excluding hydrogens is 1150 g/mol. The van der Waals surface area contributed by atoms with E-state index in [1.807, 2.05) is 73.1 Å². The highest BCUT2D eigenvalue weighted by Gasteiger charge is 2.47. The molecule has 0 aliphatic heterocycles. The largest absolute Gasteiger partial charge is 0.421 e. The van der Waals surface area contributed by atoms with Crippen molar-refractivity contribution in [2.24, 2.45) is 0 Å². The maximum Gasteiger partial charge on any atom is 0.416 e. The summed E-state index contributed by atoms with van der Waals surface area (Å²) >= 11 is 0. The van der Waals surface area contributed by atoms with Crippen molar-refractivity contribution in [3.05, 3.63) is 207 Å². The summed E-state index contributed by atoms with van der Waals surface area (Å²) in [4.78, 5) is 16.5. The van der Waals surface area contributed by atoms with Crippen LogP contribution in [0.25, 0.3) is 0 Å². The van der Waals surface area contributed by atoms with E-state index >= 15 is 0 Å². The van der Waals surface area contributed by atoms with Gasteiger partial charge in [-0.05, 0) is 55.3 Å². The van der Waals surface area contributed by atoms with Crippen LogP contribution in [0.1, 0.15) is 71.7 Å². The summed E-state index contributed by atoms with van der Waals surface area (Å²) in [5.74, 6) is 0.117. The van der Waals surface area contributed by atoms with E-state index in [1.54, 1.807) is 12.4 Å². The monoisotopic (exact) mass is 1180 g/mol. The van der Waals surface area contributed by atoms with Crippen LogP contribution >= 0.6 is 0 Å². The summed E-state index contributed by atoms with van der Waals surface area (Å²) in [5.41, 5.74) is -26.8. The number of benzene rings is 6. The predicted octanol–water partition coefficient (Wildman–Crippen LogP) is 14.5. The molecule has 7 aromatic rings. The smallest absolute Gasteiger partial charge is 0.416 e. The fourth-order valence-corrected chi connectivity index (χ4v) is 8.47. The Morgan fingerprint density at radius 3 is 1.04 bits per heavy atom. The van der Waals surface area contributed by atoms with E-state index in [0.29, 0.717) is 12.3 Å². The lowest BCUT2D eigenvalue weighted by Gasteiger charge is -2.46. The first-order chi connectivity index (χ1) is 36.9. The number of hydrogen-bond donors (Lipinski definition) is 0. The van der Waals surface area contributed by atoms with Gasteiger partial charge in [-0.2, -0.15) is 132 Å².